The van der Waals surface area contributed by atoms with Crippen molar-refractivity contribution in [1.82, 2.24) is 9.88 Å². The van der Waals surface area contributed by atoms with Gasteiger partial charge in [0.2, 0.25) is 5.88 Å². The molecular weight excluding hydrogens is 375 g/mol. The predicted octanol–water partition coefficient (Wildman–Crippen LogP) is 3.98. The zero-order valence-electron chi connectivity index (χ0n) is 13.3. The van der Waals surface area contributed by atoms with E-state index in [1.165, 1.54) is 12.1 Å². The highest BCUT2D eigenvalue weighted by Gasteiger charge is 2.26. The van der Waals surface area contributed by atoms with Gasteiger partial charge in [0, 0.05) is 42.2 Å². The van der Waals surface area contributed by atoms with Crippen LogP contribution in [-0.4, -0.2) is 35.0 Å². The number of ether oxygens (including phenoxy) is 1. The predicted molar refractivity (Wildman–Crippen MR) is 92.6 cm³/mol. The van der Waals surface area contributed by atoms with Crippen molar-refractivity contribution in [2.45, 2.75) is 25.9 Å². The second kappa shape index (κ2) is 7.30. The van der Waals surface area contributed by atoms with E-state index in [1.54, 1.807) is 11.0 Å². The van der Waals surface area contributed by atoms with Crippen LogP contribution in [0, 0.1) is 12.7 Å². The van der Waals surface area contributed by atoms with E-state index in [0.29, 0.717) is 36.3 Å². The highest BCUT2D eigenvalue weighted by molar-refractivity contribution is 9.10. The van der Waals surface area contributed by atoms with Gasteiger partial charge in [-0.3, -0.25) is 4.79 Å². The molecule has 0 radical (unpaired) electrons. The van der Waals surface area contributed by atoms with Gasteiger partial charge in [-0.2, -0.15) is 0 Å². The van der Waals surface area contributed by atoms with Gasteiger partial charge in [-0.25, -0.2) is 9.37 Å². The third kappa shape index (κ3) is 3.93. The molecule has 1 aromatic carbocycles. The fourth-order valence-electron chi connectivity index (χ4n) is 2.76. The molecule has 0 atom stereocenters. The minimum absolute atomic E-state index is 0.0260. The van der Waals surface area contributed by atoms with Crippen molar-refractivity contribution < 1.29 is 13.9 Å². The number of carbonyl (C=O) groups excluding carboxylic acids is 1. The molecule has 1 aromatic heterocycles. The Labute approximate surface area is 148 Å². The molecule has 0 spiro atoms. The second-order valence-corrected chi connectivity index (χ2v) is 6.77. The maximum Gasteiger partial charge on any atom is 0.256 e. The molecule has 1 saturated heterocycles. The number of pyridine rings is 1. The maximum absolute atomic E-state index is 13.9. The number of hydrogen-bond donors (Lipinski definition) is 0. The number of aromatic nitrogens is 1. The molecule has 1 aliphatic heterocycles. The van der Waals surface area contributed by atoms with Crippen molar-refractivity contribution in [3.05, 3.63) is 57.9 Å². The SMILES string of the molecule is Cc1cccc(OC2CCN(C(=O)c3ccc(Br)cc3F)CC2)n1. The van der Waals surface area contributed by atoms with Gasteiger partial charge < -0.3 is 9.64 Å². The van der Waals surface area contributed by atoms with Gasteiger partial charge in [-0.15, -0.1) is 0 Å². The van der Waals surface area contributed by atoms with Crippen LogP contribution in [-0.2, 0) is 0 Å². The van der Waals surface area contributed by atoms with Crippen LogP contribution < -0.4 is 4.74 Å². The van der Waals surface area contributed by atoms with Crippen LogP contribution in [0.2, 0.25) is 0 Å². The van der Waals surface area contributed by atoms with Crippen molar-refractivity contribution in [2.75, 3.05) is 13.1 Å². The summed E-state index contributed by atoms with van der Waals surface area (Å²) >= 11 is 3.20. The number of nitrogens with zero attached hydrogens (tertiary/aromatic N) is 2. The van der Waals surface area contributed by atoms with E-state index in [2.05, 4.69) is 20.9 Å². The number of rotatable bonds is 3. The summed E-state index contributed by atoms with van der Waals surface area (Å²) in [6, 6.07) is 10.2. The zero-order valence-corrected chi connectivity index (χ0v) is 14.9. The topological polar surface area (TPSA) is 42.4 Å². The van der Waals surface area contributed by atoms with Gasteiger partial charge in [0.25, 0.3) is 5.91 Å². The molecule has 6 heteroatoms. The van der Waals surface area contributed by atoms with Gasteiger partial charge in [-0.05, 0) is 31.2 Å². The molecule has 2 heterocycles. The number of amides is 1. The largest absolute Gasteiger partial charge is 0.474 e. The minimum atomic E-state index is -0.503. The lowest BCUT2D eigenvalue weighted by molar-refractivity contribution is 0.0583. The molecular formula is C18H18BrFN2O2. The number of aryl methyl sites for hydroxylation is 1. The molecule has 1 fully saturated rings. The van der Waals surface area contributed by atoms with E-state index in [1.807, 2.05) is 25.1 Å². The van der Waals surface area contributed by atoms with E-state index >= 15 is 0 Å². The summed E-state index contributed by atoms with van der Waals surface area (Å²) < 4.78 is 20.4. The first-order valence-electron chi connectivity index (χ1n) is 7.87. The number of hydrogen-bond acceptors (Lipinski definition) is 3. The molecule has 3 rings (SSSR count). The Bertz CT molecular complexity index is 746. The highest BCUT2D eigenvalue weighted by atomic mass is 79.9. The summed E-state index contributed by atoms with van der Waals surface area (Å²) in [5.41, 5.74) is 1.02. The molecule has 1 amide bonds. The van der Waals surface area contributed by atoms with E-state index < -0.39 is 5.82 Å². The van der Waals surface area contributed by atoms with Crippen LogP contribution in [0.15, 0.2) is 40.9 Å². The summed E-state index contributed by atoms with van der Waals surface area (Å²) in [4.78, 5) is 18.5. The van der Waals surface area contributed by atoms with E-state index in [0.717, 1.165) is 5.69 Å². The van der Waals surface area contributed by atoms with Crippen LogP contribution in [0.1, 0.15) is 28.9 Å². The van der Waals surface area contributed by atoms with Gasteiger partial charge in [0.05, 0.1) is 5.56 Å². The fraction of sp³-hybridized carbons (Fsp3) is 0.333. The van der Waals surface area contributed by atoms with Crippen LogP contribution in [0.3, 0.4) is 0 Å². The number of likely N-dealkylation sites (tertiary alicyclic amines) is 1. The van der Waals surface area contributed by atoms with Crippen molar-refractivity contribution in [3.63, 3.8) is 0 Å². The lowest BCUT2D eigenvalue weighted by atomic mass is 10.1. The van der Waals surface area contributed by atoms with Gasteiger partial charge in [0.1, 0.15) is 11.9 Å². The van der Waals surface area contributed by atoms with Crippen molar-refractivity contribution in [3.8, 4) is 5.88 Å². The summed E-state index contributed by atoms with van der Waals surface area (Å²) in [6.45, 7) is 3.01. The Morgan fingerprint density at radius 2 is 2.04 bits per heavy atom. The van der Waals surface area contributed by atoms with Crippen LogP contribution in [0.5, 0.6) is 5.88 Å². The molecule has 2 aromatic rings. The van der Waals surface area contributed by atoms with Gasteiger partial charge >= 0.3 is 0 Å². The van der Waals surface area contributed by atoms with E-state index in [-0.39, 0.29) is 17.6 Å². The molecule has 0 bridgehead atoms. The number of carbonyl (C=O) groups is 1. The monoisotopic (exact) mass is 392 g/mol. The van der Waals surface area contributed by atoms with Crippen molar-refractivity contribution in [2.24, 2.45) is 0 Å². The Morgan fingerprint density at radius 3 is 2.71 bits per heavy atom. The third-order valence-corrected chi connectivity index (χ3v) is 4.53. The van der Waals surface area contributed by atoms with E-state index in [4.69, 9.17) is 4.74 Å². The number of halogens is 2. The second-order valence-electron chi connectivity index (χ2n) is 5.85. The number of benzene rings is 1. The summed E-state index contributed by atoms with van der Waals surface area (Å²) in [5, 5.41) is 0. The molecule has 4 nitrogen and oxygen atoms in total. The summed E-state index contributed by atoms with van der Waals surface area (Å²) in [6.07, 6.45) is 1.44. The summed E-state index contributed by atoms with van der Waals surface area (Å²) in [5.74, 6) is -0.164. The lowest BCUT2D eigenvalue weighted by Crippen LogP contribution is -2.42. The van der Waals surface area contributed by atoms with E-state index in [9.17, 15) is 9.18 Å². The standard InChI is InChI=1S/C18H18BrFN2O2/c1-12-3-2-4-17(21-12)24-14-7-9-22(10-8-14)18(23)15-6-5-13(19)11-16(15)20/h2-6,11,14H,7-10H2,1H3. The third-order valence-electron chi connectivity index (χ3n) is 4.04. The maximum atomic E-state index is 13.9. The van der Waals surface area contributed by atoms with Crippen LogP contribution in [0.25, 0.3) is 0 Å². The molecule has 126 valence electrons. The zero-order chi connectivity index (χ0) is 17.1. The minimum Gasteiger partial charge on any atom is -0.474 e. The molecule has 0 saturated carbocycles. The summed E-state index contributed by atoms with van der Waals surface area (Å²) in [7, 11) is 0. The Hall–Kier alpha value is -1.95. The molecule has 24 heavy (non-hydrogen) atoms. The van der Waals surface area contributed by atoms with Crippen molar-refractivity contribution in [1.29, 1.82) is 0 Å². The normalized spacial score (nSPS) is 15.4. The van der Waals surface area contributed by atoms with Crippen LogP contribution in [0.4, 0.5) is 4.39 Å². The first kappa shape index (κ1) is 16.9. The first-order valence-corrected chi connectivity index (χ1v) is 8.67. The van der Waals surface area contributed by atoms with Gasteiger partial charge in [-0.1, -0.05) is 22.0 Å². The number of piperidine rings is 1. The smallest absolute Gasteiger partial charge is 0.256 e. The average Bonchev–Trinajstić information content (AvgIpc) is 2.55. The molecule has 1 aliphatic rings. The Morgan fingerprint density at radius 1 is 1.29 bits per heavy atom. The van der Waals surface area contributed by atoms with Crippen molar-refractivity contribution >= 4 is 21.8 Å². The Balaban J connectivity index is 1.59. The highest BCUT2D eigenvalue weighted by Crippen LogP contribution is 2.21. The van der Waals surface area contributed by atoms with Crippen LogP contribution >= 0.6 is 15.9 Å². The Kier molecular flexibility index (Phi) is 5.14. The van der Waals surface area contributed by atoms with Gasteiger partial charge in [0.15, 0.2) is 0 Å². The first-order chi connectivity index (χ1) is 11.5. The molecule has 0 aliphatic carbocycles. The quantitative estimate of drug-likeness (QED) is 0.793. The lowest BCUT2D eigenvalue weighted by Gasteiger charge is -2.32. The molecule has 0 unspecified atom stereocenters. The average molecular weight is 393 g/mol. The fourth-order valence-corrected chi connectivity index (χ4v) is 3.10. The molecule has 0 N–H and O–H groups in total.